The smallest absolute Gasteiger partial charge is 0.416 e. The summed E-state index contributed by atoms with van der Waals surface area (Å²) in [6, 6.07) is 16.4. The lowest BCUT2D eigenvalue weighted by Gasteiger charge is -2.35. The molecule has 0 radical (unpaired) electrons. The molecule has 1 N–H and O–H groups in total. The number of benzene rings is 4. The molecule has 42 heavy (non-hydrogen) atoms. The van der Waals surface area contributed by atoms with E-state index in [2.05, 4.69) is 0 Å². The molecule has 0 spiro atoms. The zero-order chi connectivity index (χ0) is 30.7. The quantitative estimate of drug-likeness (QED) is 0.191. The van der Waals surface area contributed by atoms with Crippen LogP contribution in [-0.2, 0) is 25.3 Å². The number of halogens is 8. The number of rotatable bonds is 9. The Kier molecular flexibility index (Phi) is 9.37. The number of hydrogen-bond donors (Lipinski definition) is 1. The molecule has 0 saturated heterocycles. The second-order valence-corrected chi connectivity index (χ2v) is 9.83. The fraction of sp³-hybridized carbons (Fsp3) is 0.226. The van der Waals surface area contributed by atoms with E-state index in [0.29, 0.717) is 29.3 Å². The van der Waals surface area contributed by atoms with E-state index < -0.39 is 48.5 Å². The molecule has 0 heterocycles. The van der Waals surface area contributed by atoms with Gasteiger partial charge in [0.2, 0.25) is 0 Å². The Hall–Kier alpha value is -3.76. The second-order valence-electron chi connectivity index (χ2n) is 9.42. The second kappa shape index (κ2) is 12.6. The summed E-state index contributed by atoms with van der Waals surface area (Å²) >= 11 is 6.19. The van der Waals surface area contributed by atoms with E-state index in [4.69, 9.17) is 16.3 Å². The molecule has 4 aromatic carbocycles. The number of ether oxygens (including phenoxy) is 1. The first kappa shape index (κ1) is 31.2. The van der Waals surface area contributed by atoms with Gasteiger partial charge in [0.25, 0.3) is 0 Å². The van der Waals surface area contributed by atoms with Gasteiger partial charge in [-0.2, -0.15) is 26.3 Å². The van der Waals surface area contributed by atoms with Crippen LogP contribution in [0.5, 0.6) is 11.5 Å². The maximum atomic E-state index is 15.0. The van der Waals surface area contributed by atoms with E-state index in [0.717, 1.165) is 17.7 Å². The first-order valence-electron chi connectivity index (χ1n) is 12.8. The van der Waals surface area contributed by atoms with Gasteiger partial charge in [-0.3, -0.25) is 0 Å². The molecule has 1 unspecified atom stereocenters. The van der Waals surface area contributed by atoms with Crippen molar-refractivity contribution in [2.75, 3.05) is 11.5 Å². The third-order valence-corrected chi connectivity index (χ3v) is 7.05. The number of alkyl halides is 6. The number of hydrogen-bond acceptors (Lipinski definition) is 3. The molecule has 0 fully saturated rings. The summed E-state index contributed by atoms with van der Waals surface area (Å²) < 4.78 is 102. The molecule has 3 nitrogen and oxygen atoms in total. The van der Waals surface area contributed by atoms with E-state index in [1.807, 2.05) is 6.92 Å². The Bertz CT molecular complexity index is 1540. The van der Waals surface area contributed by atoms with Gasteiger partial charge in [0.05, 0.1) is 23.8 Å². The zero-order valence-corrected chi connectivity index (χ0v) is 22.9. The van der Waals surface area contributed by atoms with Crippen LogP contribution >= 0.6 is 11.6 Å². The van der Waals surface area contributed by atoms with Crippen LogP contribution in [0.3, 0.4) is 0 Å². The third-order valence-electron chi connectivity index (χ3n) is 6.68. The average molecular weight is 612 g/mol. The molecule has 0 aliphatic heterocycles. The standard InChI is InChI=1S/C31H25ClF7NO2/c1-2-19-14-24(12-13-27(19)32)42-23-7-5-6-22(16-23)40(17-20-10-11-21(15-28(20)33)30(34,35)36)29(18-41)25-8-3-4-9-26(25)31(37,38)39/h3-16,29,41H,2,17-18H2,1H3. The molecule has 0 amide bonds. The topological polar surface area (TPSA) is 32.7 Å². The molecule has 0 aliphatic rings. The van der Waals surface area contributed by atoms with Crippen molar-refractivity contribution in [1.82, 2.24) is 0 Å². The predicted octanol–water partition coefficient (Wildman–Crippen LogP) is 9.61. The average Bonchev–Trinajstić information content (AvgIpc) is 2.94. The predicted molar refractivity (Wildman–Crippen MR) is 146 cm³/mol. The van der Waals surface area contributed by atoms with Crippen LogP contribution in [0.1, 0.15) is 40.8 Å². The summed E-state index contributed by atoms with van der Waals surface area (Å²) in [5.41, 5.74) is -1.68. The van der Waals surface area contributed by atoms with Gasteiger partial charge in [-0.05, 0) is 66.1 Å². The van der Waals surface area contributed by atoms with Gasteiger partial charge in [-0.25, -0.2) is 4.39 Å². The lowest BCUT2D eigenvalue weighted by Crippen LogP contribution is -2.32. The van der Waals surface area contributed by atoms with Gasteiger partial charge in [0.1, 0.15) is 17.3 Å². The maximum Gasteiger partial charge on any atom is 0.416 e. The van der Waals surface area contributed by atoms with Gasteiger partial charge >= 0.3 is 12.4 Å². The largest absolute Gasteiger partial charge is 0.457 e. The third kappa shape index (κ3) is 7.17. The van der Waals surface area contributed by atoms with Gasteiger partial charge in [0, 0.05) is 28.9 Å². The number of aryl methyl sites for hydroxylation is 1. The highest BCUT2D eigenvalue weighted by Gasteiger charge is 2.37. The minimum atomic E-state index is -4.79. The fourth-order valence-electron chi connectivity index (χ4n) is 4.57. The van der Waals surface area contributed by atoms with Gasteiger partial charge in [-0.15, -0.1) is 0 Å². The monoisotopic (exact) mass is 611 g/mol. The first-order chi connectivity index (χ1) is 19.8. The molecule has 0 bridgehead atoms. The van der Waals surface area contributed by atoms with Crippen molar-refractivity contribution in [3.63, 3.8) is 0 Å². The Labute approximate surface area is 242 Å². The number of anilines is 1. The molecular weight excluding hydrogens is 587 g/mol. The fourth-order valence-corrected chi connectivity index (χ4v) is 4.83. The van der Waals surface area contributed by atoms with E-state index in [-0.39, 0.29) is 22.6 Å². The number of aliphatic hydroxyl groups excluding tert-OH is 1. The Morgan fingerprint density at radius 1 is 0.810 bits per heavy atom. The molecule has 1 atom stereocenters. The lowest BCUT2D eigenvalue weighted by atomic mass is 9.97. The Morgan fingerprint density at radius 2 is 1.52 bits per heavy atom. The summed E-state index contributed by atoms with van der Waals surface area (Å²) in [5.74, 6) is -0.485. The van der Waals surface area contributed by atoms with E-state index in [1.54, 1.807) is 30.3 Å². The molecule has 11 heteroatoms. The first-order valence-corrected chi connectivity index (χ1v) is 13.1. The van der Waals surface area contributed by atoms with Crippen LogP contribution in [0.2, 0.25) is 5.02 Å². The van der Waals surface area contributed by atoms with Crippen LogP contribution in [-0.4, -0.2) is 11.7 Å². The minimum Gasteiger partial charge on any atom is -0.457 e. The molecule has 0 aliphatic carbocycles. The highest BCUT2D eigenvalue weighted by molar-refractivity contribution is 6.31. The van der Waals surface area contributed by atoms with Crippen molar-refractivity contribution in [3.05, 3.63) is 124 Å². The van der Waals surface area contributed by atoms with Crippen molar-refractivity contribution in [1.29, 1.82) is 0 Å². The van der Waals surface area contributed by atoms with Gasteiger partial charge in [-0.1, -0.05) is 48.9 Å². The van der Waals surface area contributed by atoms with Crippen molar-refractivity contribution in [2.24, 2.45) is 0 Å². The van der Waals surface area contributed by atoms with Crippen LogP contribution in [0.25, 0.3) is 0 Å². The van der Waals surface area contributed by atoms with Crippen molar-refractivity contribution in [3.8, 4) is 11.5 Å². The normalized spacial score (nSPS) is 12.7. The lowest BCUT2D eigenvalue weighted by molar-refractivity contribution is -0.139. The molecule has 0 saturated carbocycles. The maximum absolute atomic E-state index is 15.0. The van der Waals surface area contributed by atoms with Gasteiger partial charge in [0.15, 0.2) is 0 Å². The zero-order valence-electron chi connectivity index (χ0n) is 22.1. The van der Waals surface area contributed by atoms with E-state index in [9.17, 15) is 35.8 Å². The molecule has 4 rings (SSSR count). The van der Waals surface area contributed by atoms with Crippen LogP contribution < -0.4 is 9.64 Å². The highest BCUT2D eigenvalue weighted by Crippen LogP contribution is 2.40. The molecular formula is C31H25ClF7NO2. The number of nitrogens with zero attached hydrogens (tertiary/aromatic N) is 1. The Morgan fingerprint density at radius 3 is 2.17 bits per heavy atom. The van der Waals surface area contributed by atoms with Crippen LogP contribution in [0.4, 0.5) is 36.4 Å². The summed E-state index contributed by atoms with van der Waals surface area (Å²) in [5, 5.41) is 10.9. The van der Waals surface area contributed by atoms with Crippen molar-refractivity contribution >= 4 is 17.3 Å². The number of aliphatic hydroxyl groups is 1. The van der Waals surface area contributed by atoms with Crippen LogP contribution in [0.15, 0.2) is 84.9 Å². The summed E-state index contributed by atoms with van der Waals surface area (Å²) in [4.78, 5) is 1.29. The van der Waals surface area contributed by atoms with Crippen LogP contribution in [0, 0.1) is 5.82 Å². The molecule has 4 aromatic rings. The summed E-state index contributed by atoms with van der Waals surface area (Å²) in [7, 11) is 0. The van der Waals surface area contributed by atoms with E-state index in [1.165, 1.54) is 35.2 Å². The summed E-state index contributed by atoms with van der Waals surface area (Å²) in [6.45, 7) is 0.626. The van der Waals surface area contributed by atoms with Crippen molar-refractivity contribution in [2.45, 2.75) is 38.3 Å². The SMILES string of the molecule is CCc1cc(Oc2cccc(N(Cc3ccc(C(F)(F)F)cc3F)C(CO)c3ccccc3C(F)(F)F)c2)ccc1Cl. The van der Waals surface area contributed by atoms with E-state index >= 15 is 0 Å². The minimum absolute atomic E-state index is 0.220. The molecule has 222 valence electrons. The molecule has 0 aromatic heterocycles. The summed E-state index contributed by atoms with van der Waals surface area (Å²) in [6.07, 6.45) is -8.92. The Balaban J connectivity index is 1.80. The van der Waals surface area contributed by atoms with Crippen molar-refractivity contribution < 1.29 is 40.6 Å². The van der Waals surface area contributed by atoms with Gasteiger partial charge < -0.3 is 14.7 Å². The highest BCUT2D eigenvalue weighted by atomic mass is 35.5.